The summed E-state index contributed by atoms with van der Waals surface area (Å²) in [4.78, 5) is 25.3. The van der Waals surface area contributed by atoms with E-state index in [0.29, 0.717) is 5.75 Å². The van der Waals surface area contributed by atoms with Crippen LogP contribution in [-0.2, 0) is 16.0 Å². The predicted octanol–water partition coefficient (Wildman–Crippen LogP) is 1.03. The Morgan fingerprint density at radius 1 is 1.40 bits per heavy atom. The molecule has 0 bridgehead atoms. The Labute approximate surface area is 120 Å². The summed E-state index contributed by atoms with van der Waals surface area (Å²) in [7, 11) is 0. The number of carbonyl (C=O) groups excluding carboxylic acids is 2. The van der Waals surface area contributed by atoms with Gasteiger partial charge in [-0.2, -0.15) is 0 Å². The lowest BCUT2D eigenvalue weighted by Gasteiger charge is -2.46. The number of hydrogen-bond acceptors (Lipinski definition) is 4. The number of hydrogen-bond donors (Lipinski definition) is 2. The van der Waals surface area contributed by atoms with E-state index in [1.54, 1.807) is 0 Å². The van der Waals surface area contributed by atoms with Gasteiger partial charge in [0.15, 0.2) is 0 Å². The van der Waals surface area contributed by atoms with E-state index in [0.717, 1.165) is 5.56 Å². The van der Waals surface area contributed by atoms with E-state index >= 15 is 0 Å². The Morgan fingerprint density at radius 2 is 2.15 bits per heavy atom. The molecule has 2 aliphatic heterocycles. The molecule has 1 aromatic carbocycles. The number of rotatable bonds is 3. The first-order valence-electron chi connectivity index (χ1n) is 6.32. The maximum absolute atomic E-state index is 11.9. The number of carbonyl (C=O) groups is 2. The Morgan fingerprint density at radius 3 is 2.90 bits per heavy atom. The summed E-state index contributed by atoms with van der Waals surface area (Å²) in [5.74, 6) is 0.330. The number of fused-ring (bicyclic) bond motifs is 1. The number of amides is 2. The van der Waals surface area contributed by atoms with Gasteiger partial charge in [-0.3, -0.25) is 14.5 Å². The molecule has 2 amide bonds. The molecule has 3 rings (SSSR count). The molecule has 2 atom stereocenters. The third kappa shape index (κ3) is 2.38. The van der Waals surface area contributed by atoms with Crippen LogP contribution in [0.1, 0.15) is 5.56 Å². The molecule has 0 saturated carbocycles. The molecule has 1 fully saturated rings. The number of nitrogens with zero attached hydrogens (tertiary/aromatic N) is 1. The summed E-state index contributed by atoms with van der Waals surface area (Å²) in [6.45, 7) is 0. The second kappa shape index (κ2) is 5.20. The fraction of sp³-hybridized carbons (Fsp3) is 0.286. The first-order valence-corrected chi connectivity index (χ1v) is 7.37. The minimum atomic E-state index is -0.486. The molecule has 104 valence electrons. The number of benzene rings is 1. The highest BCUT2D eigenvalue weighted by Crippen LogP contribution is 2.35. The Hall–Kier alpha value is -1.95. The molecule has 2 heterocycles. The van der Waals surface area contributed by atoms with Crippen molar-refractivity contribution in [3.63, 3.8) is 0 Å². The third-order valence-electron chi connectivity index (χ3n) is 3.29. The molecular weight excluding hydrogens is 276 g/mol. The first kappa shape index (κ1) is 13.1. The Bertz CT molecular complexity index is 573. The zero-order chi connectivity index (χ0) is 14.1. The van der Waals surface area contributed by atoms with Gasteiger partial charge in [0.05, 0.1) is 12.2 Å². The molecule has 0 aliphatic carbocycles. The van der Waals surface area contributed by atoms with Crippen molar-refractivity contribution >= 4 is 23.6 Å². The van der Waals surface area contributed by atoms with Gasteiger partial charge >= 0.3 is 0 Å². The van der Waals surface area contributed by atoms with Gasteiger partial charge in [0.2, 0.25) is 5.91 Å². The van der Waals surface area contributed by atoms with Gasteiger partial charge in [-0.25, -0.2) is 0 Å². The summed E-state index contributed by atoms with van der Waals surface area (Å²) >= 11 is 1.45. The lowest BCUT2D eigenvalue weighted by molar-refractivity contribution is -0.144. The summed E-state index contributed by atoms with van der Waals surface area (Å²) in [5.41, 5.74) is 0.919. The molecule has 2 aliphatic rings. The van der Waals surface area contributed by atoms with Gasteiger partial charge in [-0.1, -0.05) is 30.3 Å². The highest BCUT2D eigenvalue weighted by Gasteiger charge is 2.49. The summed E-state index contributed by atoms with van der Waals surface area (Å²) in [6, 6.07) is 8.93. The van der Waals surface area contributed by atoms with Gasteiger partial charge in [0, 0.05) is 6.20 Å². The number of nitrogens with one attached hydrogen (secondary N) is 1. The van der Waals surface area contributed by atoms with Crippen LogP contribution in [0.3, 0.4) is 0 Å². The van der Waals surface area contributed by atoms with Crippen LogP contribution in [0.5, 0.6) is 0 Å². The number of aliphatic hydroxyl groups is 1. The summed E-state index contributed by atoms with van der Waals surface area (Å²) in [5, 5.41) is 12.0. The topological polar surface area (TPSA) is 69.6 Å². The van der Waals surface area contributed by atoms with Crippen LogP contribution in [0.4, 0.5) is 0 Å². The lowest BCUT2D eigenvalue weighted by Crippen LogP contribution is -2.68. The van der Waals surface area contributed by atoms with Crippen molar-refractivity contribution in [1.82, 2.24) is 10.2 Å². The molecule has 0 unspecified atom stereocenters. The smallest absolute Gasteiger partial charge is 0.253 e. The fourth-order valence-electron chi connectivity index (χ4n) is 2.31. The van der Waals surface area contributed by atoms with Gasteiger partial charge in [-0.05, 0) is 5.56 Å². The molecule has 0 spiro atoms. The average molecular weight is 290 g/mol. The maximum Gasteiger partial charge on any atom is 0.253 e. The average Bonchev–Trinajstić information content (AvgIpc) is 2.46. The Kier molecular flexibility index (Phi) is 3.40. The molecule has 0 radical (unpaired) electrons. The summed E-state index contributed by atoms with van der Waals surface area (Å²) < 4.78 is 0. The summed E-state index contributed by atoms with van der Waals surface area (Å²) in [6.07, 6.45) is 1.71. The van der Waals surface area contributed by atoms with Gasteiger partial charge in [0.1, 0.15) is 17.2 Å². The SMILES string of the molecule is O=C(Cc1ccccc1)N[C@@H]1C(=O)N2C=C(O)CS[C@H]12. The zero-order valence-electron chi connectivity index (χ0n) is 10.7. The molecule has 2 N–H and O–H groups in total. The number of thioether (sulfide) groups is 1. The second-order valence-corrected chi connectivity index (χ2v) is 5.88. The molecule has 0 aromatic heterocycles. The molecular formula is C14H14N2O3S. The normalized spacial score (nSPS) is 24.5. The molecule has 1 aromatic rings. The van der Waals surface area contributed by atoms with E-state index in [1.165, 1.54) is 22.9 Å². The molecule has 5 nitrogen and oxygen atoms in total. The van der Waals surface area contributed by atoms with Crippen LogP contribution in [0.15, 0.2) is 42.3 Å². The minimum Gasteiger partial charge on any atom is -0.510 e. The van der Waals surface area contributed by atoms with Crippen LogP contribution in [0, 0.1) is 0 Å². The van der Waals surface area contributed by atoms with E-state index in [-0.39, 0.29) is 29.4 Å². The largest absolute Gasteiger partial charge is 0.510 e. The van der Waals surface area contributed by atoms with E-state index in [9.17, 15) is 14.7 Å². The number of β-lactam (4-membered cyclic amide) rings is 1. The monoisotopic (exact) mass is 290 g/mol. The van der Waals surface area contributed by atoms with Crippen LogP contribution in [0.2, 0.25) is 0 Å². The van der Waals surface area contributed by atoms with Crippen LogP contribution < -0.4 is 5.32 Å². The van der Waals surface area contributed by atoms with Crippen LogP contribution in [0.25, 0.3) is 0 Å². The van der Waals surface area contributed by atoms with Crippen molar-refractivity contribution < 1.29 is 14.7 Å². The van der Waals surface area contributed by atoms with Crippen molar-refractivity contribution in [2.75, 3.05) is 5.75 Å². The Balaban J connectivity index is 1.59. The highest BCUT2D eigenvalue weighted by molar-refractivity contribution is 8.00. The number of aliphatic hydroxyl groups excluding tert-OH is 1. The van der Waals surface area contributed by atoms with Crippen LogP contribution >= 0.6 is 11.8 Å². The molecule has 20 heavy (non-hydrogen) atoms. The quantitative estimate of drug-likeness (QED) is 0.816. The molecule has 1 saturated heterocycles. The van der Waals surface area contributed by atoms with Gasteiger partial charge < -0.3 is 10.4 Å². The van der Waals surface area contributed by atoms with E-state index in [2.05, 4.69) is 5.32 Å². The fourth-order valence-corrected chi connectivity index (χ4v) is 3.43. The van der Waals surface area contributed by atoms with E-state index < -0.39 is 6.04 Å². The van der Waals surface area contributed by atoms with E-state index in [4.69, 9.17) is 0 Å². The third-order valence-corrected chi connectivity index (χ3v) is 4.60. The van der Waals surface area contributed by atoms with Crippen molar-refractivity contribution in [2.24, 2.45) is 0 Å². The standard InChI is InChI=1S/C14H14N2O3S/c17-10-7-16-13(19)12(14(16)20-8-10)15-11(18)6-9-4-2-1-3-5-9/h1-5,7,12,14,17H,6,8H2,(H,15,18)/t12-,14-/m1/s1. The zero-order valence-corrected chi connectivity index (χ0v) is 11.5. The minimum absolute atomic E-state index is 0.0990. The van der Waals surface area contributed by atoms with Gasteiger partial charge in [-0.15, -0.1) is 11.8 Å². The van der Waals surface area contributed by atoms with Gasteiger partial charge in [0.25, 0.3) is 5.91 Å². The van der Waals surface area contributed by atoms with Crippen LogP contribution in [-0.4, -0.2) is 39.0 Å². The lowest BCUT2D eigenvalue weighted by atomic mass is 10.1. The van der Waals surface area contributed by atoms with Crippen molar-refractivity contribution in [3.8, 4) is 0 Å². The second-order valence-electron chi connectivity index (χ2n) is 4.78. The van der Waals surface area contributed by atoms with Crippen molar-refractivity contribution in [2.45, 2.75) is 17.8 Å². The highest BCUT2D eigenvalue weighted by atomic mass is 32.2. The van der Waals surface area contributed by atoms with E-state index in [1.807, 2.05) is 30.3 Å². The van der Waals surface area contributed by atoms with Crippen molar-refractivity contribution in [1.29, 1.82) is 0 Å². The predicted molar refractivity (Wildman–Crippen MR) is 75.9 cm³/mol. The molecule has 6 heteroatoms. The maximum atomic E-state index is 11.9. The first-order chi connectivity index (χ1) is 9.65. The van der Waals surface area contributed by atoms with Crippen molar-refractivity contribution in [3.05, 3.63) is 47.9 Å².